The third-order valence-electron chi connectivity index (χ3n) is 4.63. The minimum Gasteiger partial charge on any atom is -0.484 e. The normalized spacial score (nSPS) is 12.8. The average Bonchev–Trinajstić information content (AvgIpc) is 2.73. The number of hydrogen-bond acceptors (Lipinski definition) is 3. The molecule has 3 aromatic rings. The molecule has 2 N–H and O–H groups in total. The maximum Gasteiger partial charge on any atom is 0.258 e. The van der Waals surface area contributed by atoms with Crippen molar-refractivity contribution in [1.29, 1.82) is 0 Å². The van der Waals surface area contributed by atoms with Crippen LogP contribution in [0.1, 0.15) is 18.1 Å². The van der Waals surface area contributed by atoms with Crippen molar-refractivity contribution in [3.05, 3.63) is 90.0 Å². The number of carbonyl (C=O) groups excluding carboxylic acids is 1. The lowest BCUT2D eigenvalue weighted by Gasteiger charge is -2.24. The van der Waals surface area contributed by atoms with E-state index in [1.165, 1.54) is 0 Å². The standard InChI is InChI=1S/C24H25NO3/c1-18-8-14-22(15-9-18)28-16-23(26)25-17-24(2,27)21-12-10-20(11-13-21)19-6-4-3-5-7-19/h3-15,27H,16-17H2,1-2H3,(H,25,26). The summed E-state index contributed by atoms with van der Waals surface area (Å²) in [5, 5.41) is 13.5. The van der Waals surface area contributed by atoms with Crippen molar-refractivity contribution in [1.82, 2.24) is 5.32 Å². The highest BCUT2D eigenvalue weighted by Gasteiger charge is 2.24. The summed E-state index contributed by atoms with van der Waals surface area (Å²) < 4.78 is 5.46. The molecular weight excluding hydrogens is 350 g/mol. The Labute approximate surface area is 165 Å². The first-order chi connectivity index (χ1) is 13.4. The van der Waals surface area contributed by atoms with Crippen LogP contribution in [0.3, 0.4) is 0 Å². The molecule has 4 heteroatoms. The lowest BCUT2D eigenvalue weighted by molar-refractivity contribution is -0.124. The molecule has 0 saturated heterocycles. The average molecular weight is 375 g/mol. The number of aliphatic hydroxyl groups is 1. The van der Waals surface area contributed by atoms with Gasteiger partial charge in [0.05, 0.1) is 6.54 Å². The summed E-state index contributed by atoms with van der Waals surface area (Å²) in [6, 6.07) is 25.3. The van der Waals surface area contributed by atoms with Crippen molar-refractivity contribution in [3.63, 3.8) is 0 Å². The van der Waals surface area contributed by atoms with E-state index in [1.54, 1.807) is 6.92 Å². The molecule has 3 aromatic carbocycles. The Morgan fingerprint density at radius 3 is 2.18 bits per heavy atom. The summed E-state index contributed by atoms with van der Waals surface area (Å²) in [6.07, 6.45) is 0. The van der Waals surface area contributed by atoms with Gasteiger partial charge in [0.1, 0.15) is 11.4 Å². The van der Waals surface area contributed by atoms with E-state index in [4.69, 9.17) is 4.74 Å². The second-order valence-corrected chi connectivity index (χ2v) is 7.10. The fraction of sp³-hybridized carbons (Fsp3) is 0.208. The van der Waals surface area contributed by atoms with E-state index in [-0.39, 0.29) is 19.1 Å². The Kier molecular flexibility index (Phi) is 6.12. The molecule has 0 spiro atoms. The molecule has 0 heterocycles. The third kappa shape index (κ3) is 5.21. The highest BCUT2D eigenvalue weighted by molar-refractivity contribution is 5.77. The molecule has 0 bridgehead atoms. The van der Waals surface area contributed by atoms with Gasteiger partial charge in [-0.1, -0.05) is 72.3 Å². The van der Waals surface area contributed by atoms with Crippen LogP contribution < -0.4 is 10.1 Å². The summed E-state index contributed by atoms with van der Waals surface area (Å²) in [5.41, 5.74) is 2.90. The number of carbonyl (C=O) groups is 1. The van der Waals surface area contributed by atoms with Crippen LogP contribution in [0.2, 0.25) is 0 Å². The van der Waals surface area contributed by atoms with Gasteiger partial charge in [-0.05, 0) is 42.7 Å². The number of hydrogen-bond donors (Lipinski definition) is 2. The molecule has 0 saturated carbocycles. The monoisotopic (exact) mass is 375 g/mol. The third-order valence-corrected chi connectivity index (χ3v) is 4.63. The zero-order chi connectivity index (χ0) is 20.0. The minimum absolute atomic E-state index is 0.0912. The van der Waals surface area contributed by atoms with Crippen molar-refractivity contribution >= 4 is 5.91 Å². The Balaban J connectivity index is 1.54. The van der Waals surface area contributed by atoms with Crippen molar-refractivity contribution in [2.75, 3.05) is 13.2 Å². The number of benzene rings is 3. The predicted molar refractivity (Wildman–Crippen MR) is 111 cm³/mol. The highest BCUT2D eigenvalue weighted by Crippen LogP contribution is 2.24. The van der Waals surface area contributed by atoms with Gasteiger partial charge >= 0.3 is 0 Å². The van der Waals surface area contributed by atoms with Crippen molar-refractivity contribution in [2.24, 2.45) is 0 Å². The first-order valence-corrected chi connectivity index (χ1v) is 9.28. The number of nitrogens with one attached hydrogen (secondary N) is 1. The number of ether oxygens (including phenoxy) is 1. The van der Waals surface area contributed by atoms with Gasteiger partial charge in [-0.3, -0.25) is 4.79 Å². The fourth-order valence-corrected chi connectivity index (χ4v) is 2.86. The minimum atomic E-state index is -1.17. The highest BCUT2D eigenvalue weighted by atomic mass is 16.5. The molecule has 0 aliphatic carbocycles. The van der Waals surface area contributed by atoms with Crippen LogP contribution in [0.15, 0.2) is 78.9 Å². The summed E-state index contributed by atoms with van der Waals surface area (Å²) >= 11 is 0. The van der Waals surface area contributed by atoms with Gasteiger partial charge in [0.2, 0.25) is 0 Å². The lowest BCUT2D eigenvalue weighted by atomic mass is 9.93. The zero-order valence-electron chi connectivity index (χ0n) is 16.2. The molecule has 1 amide bonds. The summed E-state index contributed by atoms with van der Waals surface area (Å²) in [4.78, 5) is 12.1. The van der Waals surface area contributed by atoms with Gasteiger partial charge in [0.15, 0.2) is 6.61 Å². The summed E-state index contributed by atoms with van der Waals surface area (Å²) in [5.74, 6) is 0.366. The van der Waals surface area contributed by atoms with Gasteiger partial charge < -0.3 is 15.2 Å². The molecule has 3 rings (SSSR count). The second kappa shape index (κ2) is 8.72. The van der Waals surface area contributed by atoms with E-state index in [0.717, 1.165) is 22.3 Å². The number of amides is 1. The topological polar surface area (TPSA) is 58.6 Å². The van der Waals surface area contributed by atoms with E-state index in [0.29, 0.717) is 5.75 Å². The number of aryl methyl sites for hydroxylation is 1. The van der Waals surface area contributed by atoms with Crippen molar-refractivity contribution in [2.45, 2.75) is 19.4 Å². The first kappa shape index (κ1) is 19.6. The second-order valence-electron chi connectivity index (χ2n) is 7.10. The van der Waals surface area contributed by atoms with E-state index in [1.807, 2.05) is 85.8 Å². The van der Waals surface area contributed by atoms with E-state index >= 15 is 0 Å². The Bertz CT molecular complexity index is 901. The molecule has 0 aliphatic rings. The number of rotatable bonds is 7. The molecule has 0 aliphatic heterocycles. The van der Waals surface area contributed by atoms with Gasteiger partial charge in [-0.2, -0.15) is 0 Å². The van der Waals surface area contributed by atoms with Crippen LogP contribution in [0.25, 0.3) is 11.1 Å². The molecule has 28 heavy (non-hydrogen) atoms. The van der Waals surface area contributed by atoms with Crippen molar-refractivity contribution in [3.8, 4) is 16.9 Å². The van der Waals surface area contributed by atoms with Crippen LogP contribution >= 0.6 is 0 Å². The molecule has 0 fully saturated rings. The molecular formula is C24H25NO3. The zero-order valence-corrected chi connectivity index (χ0v) is 16.2. The van der Waals surface area contributed by atoms with Crippen LogP contribution in [-0.2, 0) is 10.4 Å². The molecule has 1 atom stereocenters. The van der Waals surface area contributed by atoms with Gasteiger partial charge in [-0.15, -0.1) is 0 Å². The van der Waals surface area contributed by atoms with E-state index in [2.05, 4.69) is 5.32 Å². The quantitative estimate of drug-likeness (QED) is 0.655. The molecule has 1 unspecified atom stereocenters. The van der Waals surface area contributed by atoms with Gasteiger partial charge in [-0.25, -0.2) is 0 Å². The van der Waals surface area contributed by atoms with Crippen molar-refractivity contribution < 1.29 is 14.6 Å². The van der Waals surface area contributed by atoms with E-state index in [9.17, 15) is 9.90 Å². The van der Waals surface area contributed by atoms with E-state index < -0.39 is 5.60 Å². The molecule has 144 valence electrons. The maximum atomic E-state index is 12.1. The van der Waals surface area contributed by atoms with Gasteiger partial charge in [0.25, 0.3) is 5.91 Å². The van der Waals surface area contributed by atoms with Crippen LogP contribution in [-0.4, -0.2) is 24.2 Å². The Morgan fingerprint density at radius 1 is 0.929 bits per heavy atom. The Morgan fingerprint density at radius 2 is 1.54 bits per heavy atom. The SMILES string of the molecule is Cc1ccc(OCC(=O)NCC(C)(O)c2ccc(-c3ccccc3)cc2)cc1. The largest absolute Gasteiger partial charge is 0.484 e. The Hall–Kier alpha value is -3.11. The molecule has 0 radical (unpaired) electrons. The first-order valence-electron chi connectivity index (χ1n) is 9.28. The maximum absolute atomic E-state index is 12.1. The summed E-state index contributed by atoms with van der Waals surface area (Å²) in [7, 11) is 0. The predicted octanol–water partition coefficient (Wildman–Crippen LogP) is 4.06. The molecule has 4 nitrogen and oxygen atoms in total. The fourth-order valence-electron chi connectivity index (χ4n) is 2.86. The van der Waals surface area contributed by atoms with Crippen LogP contribution in [0, 0.1) is 6.92 Å². The van der Waals surface area contributed by atoms with Gasteiger partial charge in [0, 0.05) is 0 Å². The smallest absolute Gasteiger partial charge is 0.258 e. The lowest BCUT2D eigenvalue weighted by Crippen LogP contribution is -2.40. The summed E-state index contributed by atoms with van der Waals surface area (Å²) in [6.45, 7) is 3.69. The van der Waals surface area contributed by atoms with Crippen LogP contribution in [0.4, 0.5) is 0 Å². The molecule has 0 aromatic heterocycles. The van der Waals surface area contributed by atoms with Crippen LogP contribution in [0.5, 0.6) is 5.75 Å².